The van der Waals surface area contributed by atoms with Gasteiger partial charge in [0, 0.05) is 35.9 Å². The third-order valence-electron chi connectivity index (χ3n) is 8.26. The first-order valence-corrected chi connectivity index (χ1v) is 12.8. The predicted octanol–water partition coefficient (Wildman–Crippen LogP) is 3.75. The van der Waals surface area contributed by atoms with Gasteiger partial charge in [-0.2, -0.15) is 13.9 Å². The van der Waals surface area contributed by atoms with Crippen LogP contribution in [0.2, 0.25) is 0 Å². The molecule has 1 aliphatic heterocycles. The summed E-state index contributed by atoms with van der Waals surface area (Å²) in [5, 5.41) is 15.0. The molecule has 0 radical (unpaired) electrons. The van der Waals surface area contributed by atoms with Crippen molar-refractivity contribution in [2.75, 3.05) is 7.05 Å². The van der Waals surface area contributed by atoms with Gasteiger partial charge in [-0.05, 0) is 62.6 Å². The molecule has 2 unspecified atom stereocenters. The van der Waals surface area contributed by atoms with Crippen molar-refractivity contribution in [3.8, 4) is 17.0 Å². The molecule has 3 N–H and O–H groups in total. The van der Waals surface area contributed by atoms with Crippen molar-refractivity contribution in [3.63, 3.8) is 0 Å². The van der Waals surface area contributed by atoms with E-state index >= 15 is 0 Å². The van der Waals surface area contributed by atoms with E-state index < -0.39 is 23.7 Å². The molecule has 4 aromatic rings. The number of rotatable bonds is 4. The van der Waals surface area contributed by atoms with Crippen molar-refractivity contribution in [1.82, 2.24) is 24.5 Å². The van der Waals surface area contributed by atoms with E-state index in [0.717, 1.165) is 11.3 Å². The number of fused-ring (bicyclic) bond motifs is 9. The Kier molecular flexibility index (Phi) is 4.96. The normalized spacial score (nSPS) is 27.4. The lowest BCUT2D eigenvalue weighted by Gasteiger charge is -2.48. The highest BCUT2D eigenvalue weighted by atomic mass is 19.3. The lowest BCUT2D eigenvalue weighted by Crippen LogP contribution is -2.58. The zero-order valence-electron chi connectivity index (χ0n) is 21.3. The Labute approximate surface area is 222 Å². The van der Waals surface area contributed by atoms with Crippen LogP contribution in [0.3, 0.4) is 0 Å². The van der Waals surface area contributed by atoms with E-state index in [1.54, 1.807) is 41.7 Å². The minimum absolute atomic E-state index is 0.0145. The smallest absolute Gasteiger partial charge is 0.387 e. The molecule has 2 atom stereocenters. The fraction of sp³-hybridized carbons (Fsp3) is 0.357. The van der Waals surface area contributed by atoms with E-state index in [4.69, 9.17) is 20.6 Å². The molecule has 3 aromatic heterocycles. The highest BCUT2D eigenvalue weighted by molar-refractivity contribution is 5.98. The van der Waals surface area contributed by atoms with Crippen LogP contribution in [0.25, 0.3) is 16.9 Å². The SMILES string of the molecule is CN1C(=O)c2cccc(OC(F)F)c2C2CC1c1nc3ccc(-c4ccc(C5(N)CC(C)(O)C5)nc4)nn3c12. The monoisotopic (exact) mass is 532 g/mol. The molecule has 2 bridgehead atoms. The number of imidazole rings is 1. The number of benzene rings is 1. The number of alkyl halides is 2. The van der Waals surface area contributed by atoms with Crippen molar-refractivity contribution in [1.29, 1.82) is 0 Å². The van der Waals surface area contributed by atoms with Crippen LogP contribution in [0.5, 0.6) is 5.75 Å². The van der Waals surface area contributed by atoms with Gasteiger partial charge in [-0.25, -0.2) is 9.50 Å². The number of aliphatic hydroxyl groups is 1. The standard InChI is InChI=1S/C28H26F2N6O3/c1-27(38)12-28(31,13-27)20-8-6-14(11-32-20)17-7-9-21-33-23-18-10-16(24(23)36(21)34-17)22-15(25(37)35(18)2)4-3-5-19(22)39-26(29)30/h3-9,11,16,18,26,38H,10,12-13,31H2,1-2H3. The van der Waals surface area contributed by atoms with Crippen LogP contribution in [0.4, 0.5) is 8.78 Å². The summed E-state index contributed by atoms with van der Waals surface area (Å²) < 4.78 is 33.3. The number of pyridine rings is 1. The number of halogens is 2. The van der Waals surface area contributed by atoms with Crippen molar-refractivity contribution >= 4 is 11.6 Å². The third kappa shape index (κ3) is 3.56. The van der Waals surface area contributed by atoms with Gasteiger partial charge < -0.3 is 20.5 Å². The van der Waals surface area contributed by atoms with Crippen LogP contribution in [0.15, 0.2) is 48.7 Å². The van der Waals surface area contributed by atoms with E-state index in [1.165, 1.54) is 6.07 Å². The molecule has 0 saturated heterocycles. The lowest BCUT2D eigenvalue weighted by molar-refractivity contribution is -0.0753. The average Bonchev–Trinajstić information content (AvgIpc) is 3.40. The van der Waals surface area contributed by atoms with E-state index in [0.29, 0.717) is 53.1 Å². The van der Waals surface area contributed by atoms with Crippen LogP contribution in [-0.4, -0.2) is 54.8 Å². The highest BCUT2D eigenvalue weighted by Crippen LogP contribution is 2.52. The summed E-state index contributed by atoms with van der Waals surface area (Å²) in [6.45, 7) is -1.26. The van der Waals surface area contributed by atoms with Gasteiger partial charge in [0.15, 0.2) is 5.65 Å². The largest absolute Gasteiger partial charge is 0.434 e. The summed E-state index contributed by atoms with van der Waals surface area (Å²) in [6.07, 6.45) is 3.08. The van der Waals surface area contributed by atoms with E-state index in [9.17, 15) is 18.7 Å². The number of carbonyl (C=O) groups excluding carboxylic acids is 1. The molecule has 1 aromatic carbocycles. The summed E-state index contributed by atoms with van der Waals surface area (Å²) in [6, 6.07) is 11.8. The number of hydrogen-bond donors (Lipinski definition) is 2. The summed E-state index contributed by atoms with van der Waals surface area (Å²) in [5.74, 6) is -0.685. The average molecular weight is 533 g/mol. The van der Waals surface area contributed by atoms with E-state index in [-0.39, 0.29) is 17.7 Å². The van der Waals surface area contributed by atoms with Crippen molar-refractivity contribution < 1.29 is 23.4 Å². The van der Waals surface area contributed by atoms with Crippen LogP contribution in [0, 0.1) is 0 Å². The Bertz CT molecular complexity index is 1640. The Balaban J connectivity index is 1.33. The second-order valence-electron chi connectivity index (χ2n) is 11.1. The van der Waals surface area contributed by atoms with Gasteiger partial charge in [-0.15, -0.1) is 0 Å². The lowest BCUT2D eigenvalue weighted by atomic mass is 9.65. The highest BCUT2D eigenvalue weighted by Gasteiger charge is 2.50. The van der Waals surface area contributed by atoms with Crippen molar-refractivity contribution in [2.45, 2.75) is 55.9 Å². The third-order valence-corrected chi connectivity index (χ3v) is 8.26. The number of amides is 1. The van der Waals surface area contributed by atoms with Crippen LogP contribution in [0.1, 0.15) is 71.1 Å². The summed E-state index contributed by atoms with van der Waals surface area (Å²) in [4.78, 5) is 24.3. The molecule has 1 fully saturated rings. The molecule has 11 heteroatoms. The first kappa shape index (κ1) is 24.1. The molecule has 9 nitrogen and oxygen atoms in total. The maximum Gasteiger partial charge on any atom is 0.387 e. The van der Waals surface area contributed by atoms with Crippen molar-refractivity contribution in [3.05, 3.63) is 76.9 Å². The molecule has 2 aliphatic carbocycles. The van der Waals surface area contributed by atoms with Crippen molar-refractivity contribution in [2.24, 2.45) is 5.73 Å². The van der Waals surface area contributed by atoms with Gasteiger partial charge in [0.2, 0.25) is 0 Å². The minimum Gasteiger partial charge on any atom is -0.434 e. The fourth-order valence-electron chi connectivity index (χ4n) is 6.68. The van der Waals surface area contributed by atoms with Gasteiger partial charge in [0.05, 0.1) is 40.0 Å². The van der Waals surface area contributed by atoms with Crippen LogP contribution < -0.4 is 10.5 Å². The molecule has 39 heavy (non-hydrogen) atoms. The first-order chi connectivity index (χ1) is 18.5. The second kappa shape index (κ2) is 8.03. The molecule has 1 amide bonds. The maximum absolute atomic E-state index is 13.3. The zero-order chi connectivity index (χ0) is 27.3. The molecule has 1 saturated carbocycles. The Morgan fingerprint density at radius 1 is 1.18 bits per heavy atom. The summed E-state index contributed by atoms with van der Waals surface area (Å²) in [7, 11) is 1.71. The maximum atomic E-state index is 13.3. The topological polar surface area (TPSA) is 119 Å². The fourth-order valence-corrected chi connectivity index (χ4v) is 6.68. The molecule has 0 spiro atoms. The summed E-state index contributed by atoms with van der Waals surface area (Å²) in [5.41, 5.74) is 9.95. The number of nitrogens with zero attached hydrogens (tertiary/aromatic N) is 5. The molecule has 3 aliphatic rings. The van der Waals surface area contributed by atoms with E-state index in [1.807, 2.05) is 24.3 Å². The summed E-state index contributed by atoms with van der Waals surface area (Å²) >= 11 is 0. The number of hydrogen-bond acceptors (Lipinski definition) is 7. The van der Waals surface area contributed by atoms with E-state index in [2.05, 4.69) is 4.98 Å². The first-order valence-electron chi connectivity index (χ1n) is 12.8. The van der Waals surface area contributed by atoms with Gasteiger partial charge >= 0.3 is 6.61 Å². The number of carbonyl (C=O) groups is 1. The molecule has 7 rings (SSSR count). The molecule has 4 heterocycles. The molecule has 200 valence electrons. The Hall–Kier alpha value is -3.96. The Morgan fingerprint density at radius 2 is 1.97 bits per heavy atom. The number of aromatic nitrogens is 4. The zero-order valence-corrected chi connectivity index (χ0v) is 21.3. The van der Waals surface area contributed by atoms with Crippen LogP contribution >= 0.6 is 0 Å². The molecular formula is C28H26F2N6O3. The second-order valence-corrected chi connectivity index (χ2v) is 11.1. The van der Waals surface area contributed by atoms with Gasteiger partial charge in [0.25, 0.3) is 5.91 Å². The van der Waals surface area contributed by atoms with Crippen LogP contribution in [-0.2, 0) is 5.54 Å². The van der Waals surface area contributed by atoms with Gasteiger partial charge in [-0.1, -0.05) is 6.07 Å². The molecular weight excluding hydrogens is 506 g/mol. The predicted molar refractivity (Wildman–Crippen MR) is 136 cm³/mol. The Morgan fingerprint density at radius 3 is 2.67 bits per heavy atom. The minimum atomic E-state index is -3.02. The van der Waals surface area contributed by atoms with Gasteiger partial charge in [0.1, 0.15) is 5.75 Å². The number of ether oxygens (including phenoxy) is 1. The van der Waals surface area contributed by atoms with Gasteiger partial charge in [-0.3, -0.25) is 9.78 Å². The quantitative estimate of drug-likeness (QED) is 0.411. The number of nitrogens with two attached hydrogens (primary N) is 1.